The lowest BCUT2D eigenvalue weighted by atomic mass is 9.99. The Morgan fingerprint density at radius 3 is 1.63 bits per heavy atom. The topological polar surface area (TPSA) is 64.7 Å². The second-order valence-electron chi connectivity index (χ2n) is 9.90. The molecule has 0 aliphatic carbocycles. The first-order valence-corrected chi connectivity index (χ1v) is 13.5. The van der Waals surface area contributed by atoms with E-state index in [1.807, 2.05) is 97.1 Å². The van der Waals surface area contributed by atoms with Crippen molar-refractivity contribution in [3.63, 3.8) is 0 Å². The smallest absolute Gasteiger partial charge is 0.164 e. The highest BCUT2D eigenvalue weighted by molar-refractivity contribution is 6.15. The van der Waals surface area contributed by atoms with Crippen molar-refractivity contribution in [2.75, 3.05) is 0 Å². The molecule has 3 aromatic heterocycles. The van der Waals surface area contributed by atoms with Gasteiger partial charge in [-0.2, -0.15) is 0 Å². The Labute approximate surface area is 235 Å². The summed E-state index contributed by atoms with van der Waals surface area (Å²) < 4.78 is 6.60. The van der Waals surface area contributed by atoms with Gasteiger partial charge in [-0.1, -0.05) is 109 Å². The van der Waals surface area contributed by atoms with Crippen LogP contribution in [0.25, 0.3) is 78.3 Å². The summed E-state index contributed by atoms with van der Waals surface area (Å²) >= 11 is 0. The van der Waals surface area contributed by atoms with E-state index in [-0.39, 0.29) is 0 Å². The van der Waals surface area contributed by atoms with E-state index in [1.165, 1.54) is 0 Å². The Morgan fingerprint density at radius 2 is 0.976 bits per heavy atom. The lowest BCUT2D eigenvalue weighted by Crippen LogP contribution is -2.00. The number of pyridine rings is 1. The monoisotopic (exact) mass is 526 g/mol. The van der Waals surface area contributed by atoms with Crippen LogP contribution in [0.15, 0.2) is 138 Å². The van der Waals surface area contributed by atoms with Gasteiger partial charge in [0, 0.05) is 27.6 Å². The number of fused-ring (bicyclic) bond motifs is 4. The van der Waals surface area contributed by atoms with Crippen molar-refractivity contribution >= 4 is 33.0 Å². The zero-order valence-corrected chi connectivity index (χ0v) is 21.9. The normalized spacial score (nSPS) is 11.4. The van der Waals surface area contributed by atoms with E-state index in [0.29, 0.717) is 17.5 Å². The van der Waals surface area contributed by atoms with Gasteiger partial charge in [0.25, 0.3) is 0 Å². The van der Waals surface area contributed by atoms with Gasteiger partial charge in [0.15, 0.2) is 23.1 Å². The quantitative estimate of drug-likeness (QED) is 0.229. The van der Waals surface area contributed by atoms with Gasteiger partial charge in [-0.05, 0) is 29.8 Å². The largest absolute Gasteiger partial charge is 0.454 e. The summed E-state index contributed by atoms with van der Waals surface area (Å²) in [4.78, 5) is 20.0. The maximum Gasteiger partial charge on any atom is 0.164 e. The van der Waals surface area contributed by atoms with Crippen molar-refractivity contribution in [1.29, 1.82) is 0 Å². The van der Waals surface area contributed by atoms with E-state index < -0.39 is 0 Å². The Kier molecular flexibility index (Phi) is 5.38. The summed E-state index contributed by atoms with van der Waals surface area (Å²) in [6.07, 6.45) is 0. The zero-order valence-electron chi connectivity index (χ0n) is 21.9. The molecule has 0 aliphatic heterocycles. The predicted molar refractivity (Wildman–Crippen MR) is 164 cm³/mol. The van der Waals surface area contributed by atoms with Gasteiger partial charge in [-0.3, -0.25) is 0 Å². The Morgan fingerprint density at radius 1 is 0.439 bits per heavy atom. The summed E-state index contributed by atoms with van der Waals surface area (Å²) in [6, 6.07) is 44.6. The minimum absolute atomic E-state index is 0.569. The fraction of sp³-hybridized carbons (Fsp3) is 0. The van der Waals surface area contributed by atoms with E-state index in [4.69, 9.17) is 24.4 Å². The molecule has 0 fully saturated rings. The first-order chi connectivity index (χ1) is 20.3. The van der Waals surface area contributed by atoms with Crippen molar-refractivity contribution < 1.29 is 4.42 Å². The van der Waals surface area contributed by atoms with Gasteiger partial charge in [0.05, 0.1) is 10.9 Å². The number of furan rings is 1. The molecule has 8 aromatic rings. The molecule has 192 valence electrons. The molecule has 8 rings (SSSR count). The van der Waals surface area contributed by atoms with Crippen LogP contribution in [-0.2, 0) is 0 Å². The summed E-state index contributed by atoms with van der Waals surface area (Å²) in [5, 5.41) is 1.91. The Balaban J connectivity index is 1.46. The number of nitrogens with zero attached hydrogens (tertiary/aromatic N) is 4. The van der Waals surface area contributed by atoms with Gasteiger partial charge in [-0.15, -0.1) is 0 Å². The molecular formula is C36H22N4O. The molecule has 5 aromatic carbocycles. The van der Waals surface area contributed by atoms with Crippen LogP contribution in [0.3, 0.4) is 0 Å². The van der Waals surface area contributed by atoms with Crippen molar-refractivity contribution in [2.45, 2.75) is 0 Å². The molecule has 0 atom stereocenters. The molecule has 0 bridgehead atoms. The van der Waals surface area contributed by atoms with E-state index in [9.17, 15) is 0 Å². The molecule has 0 amide bonds. The molecule has 0 saturated heterocycles. The minimum atomic E-state index is 0.569. The SMILES string of the molecule is c1ccc(-c2nc(-c3ccccc3)nc(-c3ccc(-c4ccccc4)c4oc5cc6ccccc6nc5c34)n2)cc1. The average Bonchev–Trinajstić information content (AvgIpc) is 3.42. The van der Waals surface area contributed by atoms with Crippen LogP contribution in [0.4, 0.5) is 0 Å². The molecule has 41 heavy (non-hydrogen) atoms. The fourth-order valence-corrected chi connectivity index (χ4v) is 5.35. The summed E-state index contributed by atoms with van der Waals surface area (Å²) in [7, 11) is 0. The second-order valence-corrected chi connectivity index (χ2v) is 9.90. The summed E-state index contributed by atoms with van der Waals surface area (Å²) in [5.41, 5.74) is 7.93. The van der Waals surface area contributed by atoms with E-state index >= 15 is 0 Å². The number of hydrogen-bond donors (Lipinski definition) is 0. The zero-order chi connectivity index (χ0) is 27.2. The second kappa shape index (κ2) is 9.50. The molecule has 3 heterocycles. The molecule has 0 aliphatic rings. The van der Waals surface area contributed by atoms with Crippen LogP contribution < -0.4 is 0 Å². The Hall–Kier alpha value is -5.68. The van der Waals surface area contributed by atoms with Gasteiger partial charge in [0.1, 0.15) is 11.1 Å². The van der Waals surface area contributed by atoms with E-state index in [2.05, 4.69) is 36.4 Å². The van der Waals surface area contributed by atoms with Crippen LogP contribution in [-0.4, -0.2) is 19.9 Å². The van der Waals surface area contributed by atoms with Crippen molar-refractivity contribution in [1.82, 2.24) is 19.9 Å². The van der Waals surface area contributed by atoms with Crippen LogP contribution in [0.1, 0.15) is 0 Å². The van der Waals surface area contributed by atoms with E-state index in [0.717, 1.165) is 60.8 Å². The van der Waals surface area contributed by atoms with Crippen molar-refractivity contribution in [2.24, 2.45) is 0 Å². The first kappa shape index (κ1) is 23.2. The number of aromatic nitrogens is 4. The van der Waals surface area contributed by atoms with Crippen LogP contribution in [0.5, 0.6) is 0 Å². The predicted octanol–water partition coefficient (Wildman–Crippen LogP) is 8.99. The summed E-state index contributed by atoms with van der Waals surface area (Å²) in [6.45, 7) is 0. The highest BCUT2D eigenvalue weighted by Crippen LogP contribution is 2.41. The maximum atomic E-state index is 6.60. The molecule has 0 radical (unpaired) electrons. The third kappa shape index (κ3) is 4.03. The van der Waals surface area contributed by atoms with Crippen LogP contribution >= 0.6 is 0 Å². The van der Waals surface area contributed by atoms with Gasteiger partial charge >= 0.3 is 0 Å². The lowest BCUT2D eigenvalue weighted by Gasteiger charge is -2.10. The number of para-hydroxylation sites is 1. The first-order valence-electron chi connectivity index (χ1n) is 13.5. The van der Waals surface area contributed by atoms with Crippen LogP contribution in [0.2, 0.25) is 0 Å². The number of rotatable bonds is 4. The highest BCUT2D eigenvalue weighted by atomic mass is 16.3. The average molecular weight is 527 g/mol. The third-order valence-corrected chi connectivity index (χ3v) is 7.32. The summed E-state index contributed by atoms with van der Waals surface area (Å²) in [5.74, 6) is 1.79. The lowest BCUT2D eigenvalue weighted by molar-refractivity contribution is 0.670. The highest BCUT2D eigenvalue weighted by Gasteiger charge is 2.21. The van der Waals surface area contributed by atoms with Crippen molar-refractivity contribution in [3.8, 4) is 45.3 Å². The van der Waals surface area contributed by atoms with Crippen molar-refractivity contribution in [3.05, 3.63) is 133 Å². The standard InChI is InChI=1S/C36H22N4O/c1-4-12-23(13-5-1)27-20-21-28(31-32-30(41-33(27)31)22-26-18-10-11-19-29(26)37-32)36-39-34(24-14-6-2-7-15-24)38-35(40-36)25-16-8-3-9-17-25/h1-22H. The minimum Gasteiger partial charge on any atom is -0.454 e. The van der Waals surface area contributed by atoms with Gasteiger partial charge in [-0.25, -0.2) is 19.9 Å². The molecule has 0 N–H and O–H groups in total. The maximum absolute atomic E-state index is 6.60. The van der Waals surface area contributed by atoms with E-state index in [1.54, 1.807) is 0 Å². The van der Waals surface area contributed by atoms with Crippen LogP contribution in [0, 0.1) is 0 Å². The third-order valence-electron chi connectivity index (χ3n) is 7.32. The molecule has 0 saturated carbocycles. The van der Waals surface area contributed by atoms with Gasteiger partial charge < -0.3 is 4.42 Å². The molecule has 0 unspecified atom stereocenters. The number of hydrogen-bond acceptors (Lipinski definition) is 5. The van der Waals surface area contributed by atoms with Gasteiger partial charge in [0.2, 0.25) is 0 Å². The molecular weight excluding hydrogens is 504 g/mol. The molecule has 5 heteroatoms. The molecule has 0 spiro atoms. The molecule has 5 nitrogen and oxygen atoms in total. The fourth-order valence-electron chi connectivity index (χ4n) is 5.35. The number of benzene rings is 5. The Bertz CT molecular complexity index is 2130.